The molecule has 6 heavy (non-hydrogen) atoms. The number of ether oxygens (including phenoxy) is 1. The van der Waals surface area contributed by atoms with Crippen LogP contribution < -0.4 is 0 Å². The van der Waals surface area contributed by atoms with E-state index in [1.807, 2.05) is 0 Å². The molecule has 0 aliphatic carbocycles. The molecule has 0 N–H and O–H groups in total. The lowest BCUT2D eigenvalue weighted by molar-refractivity contribution is -0.0843. The van der Waals surface area contributed by atoms with Crippen LogP contribution in [0.2, 0.25) is 0 Å². The highest BCUT2D eigenvalue weighted by Gasteiger charge is 1.86. The zero-order chi connectivity index (χ0) is 4.99. The van der Waals surface area contributed by atoms with Crippen LogP contribution in [0.4, 0.5) is 0 Å². The van der Waals surface area contributed by atoms with Gasteiger partial charge in [0.2, 0.25) is 6.29 Å². The highest BCUT2D eigenvalue weighted by atomic mass is 16.6. The second-order valence-corrected chi connectivity index (χ2v) is 0.870. The smallest absolute Gasteiger partial charge is 0.227 e. The maximum Gasteiger partial charge on any atom is 0.227 e. The fraction of sp³-hybridized carbons (Fsp3) is 0.500. The Labute approximate surface area is 37.1 Å². The van der Waals surface area contributed by atoms with Crippen LogP contribution in [0.5, 0.6) is 0 Å². The van der Waals surface area contributed by atoms with E-state index in [4.69, 9.17) is 0 Å². The Hall–Kier alpha value is -0.500. The zero-order valence-electron chi connectivity index (χ0n) is 3.68. The van der Waals surface area contributed by atoms with E-state index >= 15 is 0 Å². The van der Waals surface area contributed by atoms with Crippen molar-refractivity contribution in [2.24, 2.45) is 0 Å². The molecule has 0 aromatic heterocycles. The first-order chi connectivity index (χ1) is 2.77. The van der Waals surface area contributed by atoms with Crippen LogP contribution in [0.3, 0.4) is 0 Å². The van der Waals surface area contributed by atoms with Crippen molar-refractivity contribution in [3.63, 3.8) is 0 Å². The lowest BCUT2D eigenvalue weighted by Crippen LogP contribution is -1.96. The third-order valence-corrected chi connectivity index (χ3v) is 0.288. The molecule has 0 aromatic rings. The van der Waals surface area contributed by atoms with E-state index < -0.39 is 6.29 Å². The summed E-state index contributed by atoms with van der Waals surface area (Å²) in [7, 11) is 0. The molecule has 0 heterocycles. The molecule has 0 saturated carbocycles. The first-order valence-electron chi connectivity index (χ1n) is 1.69. The largest absolute Gasteiger partial charge is 0.471 e. The molecule has 1 atom stereocenters. The maximum atomic E-state index is 9.83. The Kier molecular flexibility index (Phi) is 2.50. The first-order valence-corrected chi connectivity index (χ1v) is 1.69. The van der Waals surface area contributed by atoms with Crippen LogP contribution in [0.25, 0.3) is 0 Å². The summed E-state index contributed by atoms with van der Waals surface area (Å²) in [4.78, 5) is 0. The molecular weight excluding hydrogens is 80.0 g/mol. The van der Waals surface area contributed by atoms with Crippen LogP contribution in [-0.4, -0.2) is 6.29 Å². The molecule has 0 aliphatic rings. The van der Waals surface area contributed by atoms with E-state index in [1.165, 1.54) is 6.92 Å². The van der Waals surface area contributed by atoms with Gasteiger partial charge in [-0.25, -0.2) is 0 Å². The predicted octanol–water partition coefficient (Wildman–Crippen LogP) is 0.923. The molecule has 1 radical (unpaired) electrons. The molecule has 0 fully saturated rings. The molecule has 0 aliphatic heterocycles. The van der Waals surface area contributed by atoms with Gasteiger partial charge in [-0.3, -0.25) is 0 Å². The van der Waals surface area contributed by atoms with Gasteiger partial charge in [-0.15, -0.1) is 0 Å². The summed E-state index contributed by atoms with van der Waals surface area (Å²) >= 11 is 0. The fourth-order valence-electron chi connectivity index (χ4n) is 0.136. The van der Waals surface area contributed by atoms with Crippen molar-refractivity contribution in [1.29, 1.82) is 0 Å². The third kappa shape index (κ3) is 3.50. The highest BCUT2D eigenvalue weighted by Crippen LogP contribution is 1.81. The first kappa shape index (κ1) is 5.50. The molecule has 0 aromatic carbocycles. The Morgan fingerprint density at radius 1 is 2.00 bits per heavy atom. The van der Waals surface area contributed by atoms with Gasteiger partial charge in [-0.1, -0.05) is 6.58 Å². The Balaban J connectivity index is 2.81. The Morgan fingerprint density at radius 2 is 2.50 bits per heavy atom. The van der Waals surface area contributed by atoms with Gasteiger partial charge in [0, 0.05) is 6.92 Å². The van der Waals surface area contributed by atoms with Gasteiger partial charge in [0.05, 0.1) is 6.26 Å². The minimum atomic E-state index is -0.970. The minimum absolute atomic E-state index is 0.970. The van der Waals surface area contributed by atoms with Crippen molar-refractivity contribution >= 4 is 0 Å². The second kappa shape index (κ2) is 2.72. The summed E-state index contributed by atoms with van der Waals surface area (Å²) < 4.78 is 4.25. The quantitative estimate of drug-likeness (QED) is 0.363. The van der Waals surface area contributed by atoms with Gasteiger partial charge in [-0.05, 0) is 0 Å². The van der Waals surface area contributed by atoms with Crippen LogP contribution in [0.15, 0.2) is 12.8 Å². The van der Waals surface area contributed by atoms with E-state index in [-0.39, 0.29) is 0 Å². The van der Waals surface area contributed by atoms with E-state index in [0.717, 1.165) is 6.26 Å². The monoisotopic (exact) mass is 87.0 g/mol. The summed E-state index contributed by atoms with van der Waals surface area (Å²) in [6.07, 6.45) is 0.167. The minimum Gasteiger partial charge on any atom is -0.471 e. The molecule has 0 rings (SSSR count). The molecule has 0 saturated heterocycles. The Bertz CT molecular complexity index is 40.8. The average molecular weight is 87.1 g/mol. The number of hydrogen-bond acceptors (Lipinski definition) is 1. The van der Waals surface area contributed by atoms with Crippen molar-refractivity contribution < 1.29 is 9.84 Å². The lowest BCUT2D eigenvalue weighted by atomic mass is 10.8. The van der Waals surface area contributed by atoms with Crippen LogP contribution in [0.1, 0.15) is 6.92 Å². The summed E-state index contributed by atoms with van der Waals surface area (Å²) in [6, 6.07) is 0. The molecule has 2 nitrogen and oxygen atoms in total. The lowest BCUT2D eigenvalue weighted by Gasteiger charge is -1.95. The van der Waals surface area contributed by atoms with Gasteiger partial charge in [0.1, 0.15) is 0 Å². The van der Waals surface area contributed by atoms with Gasteiger partial charge < -0.3 is 4.74 Å². The SMILES string of the molecule is C=COC(C)[O]. The van der Waals surface area contributed by atoms with E-state index in [0.29, 0.717) is 0 Å². The topological polar surface area (TPSA) is 29.1 Å². The molecular formula is C4H7O2. The normalized spacial score (nSPS) is 13.0. The number of hydrogen-bond donors (Lipinski definition) is 0. The predicted molar refractivity (Wildman–Crippen MR) is 21.4 cm³/mol. The molecule has 0 bridgehead atoms. The van der Waals surface area contributed by atoms with Crippen molar-refractivity contribution in [2.75, 3.05) is 0 Å². The molecule has 0 spiro atoms. The van der Waals surface area contributed by atoms with Crippen LogP contribution in [-0.2, 0) is 9.84 Å². The van der Waals surface area contributed by atoms with Crippen LogP contribution >= 0.6 is 0 Å². The third-order valence-electron chi connectivity index (χ3n) is 0.288. The van der Waals surface area contributed by atoms with Crippen molar-refractivity contribution in [3.8, 4) is 0 Å². The van der Waals surface area contributed by atoms with Crippen molar-refractivity contribution in [3.05, 3.63) is 12.8 Å². The molecule has 0 amide bonds. The average Bonchev–Trinajstić information content (AvgIpc) is 1.35. The molecule has 35 valence electrons. The van der Waals surface area contributed by atoms with Crippen molar-refractivity contribution in [1.82, 2.24) is 0 Å². The van der Waals surface area contributed by atoms with E-state index in [1.54, 1.807) is 0 Å². The standard InChI is InChI=1S/C4H7O2/c1-3-6-4(2)5/h3-4H,1H2,2H3. The second-order valence-electron chi connectivity index (χ2n) is 0.870. The number of rotatable bonds is 2. The van der Waals surface area contributed by atoms with Crippen LogP contribution in [0, 0.1) is 0 Å². The van der Waals surface area contributed by atoms with E-state index in [9.17, 15) is 5.11 Å². The Morgan fingerprint density at radius 3 is 2.50 bits per heavy atom. The summed E-state index contributed by atoms with van der Waals surface area (Å²) in [5.41, 5.74) is 0. The van der Waals surface area contributed by atoms with Gasteiger partial charge in [0.25, 0.3) is 0 Å². The summed E-state index contributed by atoms with van der Waals surface area (Å²) in [5, 5.41) is 9.83. The molecule has 2 heteroatoms. The maximum absolute atomic E-state index is 9.83. The zero-order valence-corrected chi connectivity index (χ0v) is 3.68. The summed E-state index contributed by atoms with van der Waals surface area (Å²) in [6.45, 7) is 4.58. The molecule has 1 unspecified atom stereocenters. The van der Waals surface area contributed by atoms with Crippen molar-refractivity contribution in [2.45, 2.75) is 13.2 Å². The van der Waals surface area contributed by atoms with Gasteiger partial charge >= 0.3 is 0 Å². The fourth-order valence-corrected chi connectivity index (χ4v) is 0.136. The highest BCUT2D eigenvalue weighted by molar-refractivity contribution is 4.47. The summed E-state index contributed by atoms with van der Waals surface area (Å²) in [5.74, 6) is 0. The van der Waals surface area contributed by atoms with Gasteiger partial charge in [0.15, 0.2) is 0 Å². The van der Waals surface area contributed by atoms with E-state index in [2.05, 4.69) is 11.3 Å². The van der Waals surface area contributed by atoms with Gasteiger partial charge in [-0.2, -0.15) is 5.11 Å².